The first-order valence-electron chi connectivity index (χ1n) is 8.72. The van der Waals surface area contributed by atoms with E-state index in [2.05, 4.69) is 10.1 Å². The molecule has 0 aromatic carbocycles. The zero-order valence-electron chi connectivity index (χ0n) is 14.8. The van der Waals surface area contributed by atoms with Crippen molar-refractivity contribution in [2.24, 2.45) is 0 Å². The van der Waals surface area contributed by atoms with Crippen molar-refractivity contribution in [3.05, 3.63) is 40.8 Å². The van der Waals surface area contributed by atoms with Crippen LogP contribution in [-0.4, -0.2) is 57.3 Å². The van der Waals surface area contributed by atoms with Gasteiger partial charge in [0.15, 0.2) is 5.69 Å². The predicted molar refractivity (Wildman–Crippen MR) is 94.5 cm³/mol. The van der Waals surface area contributed by atoms with Crippen molar-refractivity contribution >= 4 is 17.7 Å². The topological polar surface area (TPSA) is 91.6 Å². The molecule has 1 saturated carbocycles. The molecule has 0 spiro atoms. The summed E-state index contributed by atoms with van der Waals surface area (Å²) in [5.41, 5.74) is 2.51. The van der Waals surface area contributed by atoms with Gasteiger partial charge in [0.1, 0.15) is 5.82 Å². The number of carbonyl (C=O) groups is 2. The van der Waals surface area contributed by atoms with E-state index in [0.29, 0.717) is 18.2 Å². The highest BCUT2D eigenvalue weighted by atomic mass is 16.4. The van der Waals surface area contributed by atoms with Gasteiger partial charge in [-0.05, 0) is 25.0 Å². The van der Waals surface area contributed by atoms with Crippen molar-refractivity contribution in [3.8, 4) is 0 Å². The summed E-state index contributed by atoms with van der Waals surface area (Å²) >= 11 is 0. The summed E-state index contributed by atoms with van der Waals surface area (Å²) in [6, 6.07) is 3.93. The van der Waals surface area contributed by atoms with Gasteiger partial charge in [-0.15, -0.1) is 0 Å². The lowest BCUT2D eigenvalue weighted by molar-refractivity contribution is 0.0687. The third kappa shape index (κ3) is 2.81. The molecule has 0 bridgehead atoms. The Bertz CT molecular complexity index is 868. The molecule has 26 heavy (non-hydrogen) atoms. The highest BCUT2D eigenvalue weighted by Crippen LogP contribution is 2.38. The Morgan fingerprint density at radius 2 is 2.04 bits per heavy atom. The van der Waals surface area contributed by atoms with Crippen molar-refractivity contribution in [2.75, 3.05) is 25.5 Å². The molecule has 0 radical (unpaired) electrons. The van der Waals surface area contributed by atoms with Crippen LogP contribution in [0.15, 0.2) is 18.3 Å². The lowest BCUT2D eigenvalue weighted by Gasteiger charge is -2.28. The maximum atomic E-state index is 12.0. The first kappa shape index (κ1) is 16.6. The van der Waals surface area contributed by atoms with Crippen molar-refractivity contribution in [3.63, 3.8) is 0 Å². The number of anilines is 1. The van der Waals surface area contributed by atoms with Crippen LogP contribution >= 0.6 is 0 Å². The fraction of sp³-hybridized carbons (Fsp3) is 0.444. The molecule has 4 rings (SSSR count). The predicted octanol–water partition coefficient (Wildman–Crippen LogP) is 1.58. The molecule has 2 aliphatic rings. The van der Waals surface area contributed by atoms with Gasteiger partial charge in [-0.3, -0.25) is 9.48 Å². The van der Waals surface area contributed by atoms with Crippen molar-refractivity contribution in [1.82, 2.24) is 19.7 Å². The van der Waals surface area contributed by atoms with Crippen LogP contribution in [0, 0.1) is 0 Å². The van der Waals surface area contributed by atoms with E-state index in [0.717, 1.165) is 42.9 Å². The van der Waals surface area contributed by atoms with Gasteiger partial charge < -0.3 is 14.9 Å². The van der Waals surface area contributed by atoms with Crippen LogP contribution in [0.3, 0.4) is 0 Å². The summed E-state index contributed by atoms with van der Waals surface area (Å²) in [4.78, 5) is 31.5. The summed E-state index contributed by atoms with van der Waals surface area (Å²) < 4.78 is 1.92. The maximum Gasteiger partial charge on any atom is 0.356 e. The zero-order valence-corrected chi connectivity index (χ0v) is 14.8. The van der Waals surface area contributed by atoms with Crippen LogP contribution in [0.2, 0.25) is 0 Å². The first-order valence-corrected chi connectivity index (χ1v) is 8.72. The number of nitrogens with zero attached hydrogens (tertiary/aromatic N) is 5. The minimum atomic E-state index is -0.984. The maximum absolute atomic E-state index is 12.0. The van der Waals surface area contributed by atoms with E-state index in [-0.39, 0.29) is 11.6 Å². The largest absolute Gasteiger partial charge is 0.476 e. The number of carboxylic acids is 1. The number of fused-ring (bicyclic) bond motifs is 1. The van der Waals surface area contributed by atoms with Crippen LogP contribution < -0.4 is 4.90 Å². The molecule has 0 atom stereocenters. The Balaban J connectivity index is 1.60. The number of amides is 1. The highest BCUT2D eigenvalue weighted by Gasteiger charge is 2.34. The average Bonchev–Trinajstić information content (AvgIpc) is 3.41. The Hall–Kier alpha value is -2.90. The molecular weight excluding hydrogens is 334 g/mol. The summed E-state index contributed by atoms with van der Waals surface area (Å²) in [7, 11) is 3.40. The second-order valence-corrected chi connectivity index (χ2v) is 7.03. The van der Waals surface area contributed by atoms with Gasteiger partial charge in [0, 0.05) is 51.1 Å². The van der Waals surface area contributed by atoms with Gasteiger partial charge in [0.25, 0.3) is 5.91 Å². The molecule has 1 N–H and O–H groups in total. The fourth-order valence-electron chi connectivity index (χ4n) is 3.39. The standard InChI is InChI=1S/C18H21N5O3/c1-21(2)17(24)11-3-6-15(19-9-11)22-8-7-14-13(10-22)16(18(25)26)20-23(14)12-4-5-12/h3,6,9,12H,4-5,7-8,10H2,1-2H3,(H,25,26). The van der Waals surface area contributed by atoms with Gasteiger partial charge in [-0.1, -0.05) is 0 Å². The van der Waals surface area contributed by atoms with E-state index in [4.69, 9.17) is 0 Å². The molecule has 2 aromatic rings. The summed E-state index contributed by atoms with van der Waals surface area (Å²) in [5.74, 6) is -0.340. The van der Waals surface area contributed by atoms with Crippen LogP contribution in [-0.2, 0) is 13.0 Å². The number of hydrogen-bond acceptors (Lipinski definition) is 5. The number of hydrogen-bond donors (Lipinski definition) is 1. The second kappa shape index (κ2) is 6.12. The van der Waals surface area contributed by atoms with E-state index >= 15 is 0 Å². The molecule has 136 valence electrons. The third-order valence-electron chi connectivity index (χ3n) is 4.91. The van der Waals surface area contributed by atoms with Crippen LogP contribution in [0.5, 0.6) is 0 Å². The minimum absolute atomic E-state index is 0.0937. The molecule has 1 aliphatic carbocycles. The Labute approximate surface area is 151 Å². The number of rotatable bonds is 4. The number of carboxylic acid groups (broad SMARTS) is 1. The monoisotopic (exact) mass is 355 g/mol. The highest BCUT2D eigenvalue weighted by molar-refractivity contribution is 5.93. The van der Waals surface area contributed by atoms with Crippen LogP contribution in [0.25, 0.3) is 0 Å². The number of carbonyl (C=O) groups excluding carboxylic acids is 1. The molecule has 8 nitrogen and oxygen atoms in total. The number of aromatic carboxylic acids is 1. The van der Waals surface area contributed by atoms with E-state index in [1.165, 1.54) is 4.90 Å². The van der Waals surface area contributed by atoms with Gasteiger partial charge >= 0.3 is 5.97 Å². The molecule has 1 fully saturated rings. The van der Waals surface area contributed by atoms with E-state index in [1.807, 2.05) is 15.6 Å². The summed E-state index contributed by atoms with van der Waals surface area (Å²) in [6.07, 6.45) is 4.45. The quantitative estimate of drug-likeness (QED) is 0.895. The summed E-state index contributed by atoms with van der Waals surface area (Å²) in [6.45, 7) is 1.22. The normalized spacial score (nSPS) is 16.3. The van der Waals surface area contributed by atoms with Gasteiger partial charge in [-0.2, -0.15) is 5.10 Å². The van der Waals surface area contributed by atoms with Gasteiger partial charge in [0.05, 0.1) is 11.6 Å². The fourth-order valence-corrected chi connectivity index (χ4v) is 3.39. The van der Waals surface area contributed by atoms with Crippen molar-refractivity contribution < 1.29 is 14.7 Å². The smallest absolute Gasteiger partial charge is 0.356 e. The average molecular weight is 355 g/mol. The molecule has 2 aromatic heterocycles. The number of pyridine rings is 1. The molecule has 0 unspecified atom stereocenters. The molecule has 1 aliphatic heterocycles. The van der Waals surface area contributed by atoms with Gasteiger partial charge in [0.2, 0.25) is 0 Å². The van der Waals surface area contributed by atoms with Crippen LogP contribution in [0.4, 0.5) is 5.82 Å². The number of aromatic nitrogens is 3. The zero-order chi connectivity index (χ0) is 18.4. The van der Waals surface area contributed by atoms with Crippen molar-refractivity contribution in [1.29, 1.82) is 0 Å². The second-order valence-electron chi connectivity index (χ2n) is 7.03. The Kier molecular flexibility index (Phi) is 3.90. The molecule has 8 heteroatoms. The van der Waals surface area contributed by atoms with Crippen LogP contribution in [0.1, 0.15) is 51.0 Å². The Morgan fingerprint density at radius 3 is 2.62 bits per heavy atom. The van der Waals surface area contributed by atoms with Gasteiger partial charge in [-0.25, -0.2) is 9.78 Å². The van der Waals surface area contributed by atoms with E-state index in [1.54, 1.807) is 26.4 Å². The van der Waals surface area contributed by atoms with E-state index in [9.17, 15) is 14.7 Å². The van der Waals surface area contributed by atoms with Crippen molar-refractivity contribution in [2.45, 2.75) is 31.8 Å². The molecule has 1 amide bonds. The first-order chi connectivity index (χ1) is 12.5. The minimum Gasteiger partial charge on any atom is -0.476 e. The lowest BCUT2D eigenvalue weighted by Crippen LogP contribution is -2.32. The lowest BCUT2D eigenvalue weighted by atomic mass is 10.0. The SMILES string of the molecule is CN(C)C(=O)c1ccc(N2CCc3c(c(C(=O)O)nn3C3CC3)C2)nc1. The Morgan fingerprint density at radius 1 is 1.27 bits per heavy atom. The molecule has 0 saturated heterocycles. The molecular formula is C18H21N5O3. The third-order valence-corrected chi connectivity index (χ3v) is 4.91. The summed E-state index contributed by atoms with van der Waals surface area (Å²) in [5, 5.41) is 13.9. The van der Waals surface area contributed by atoms with E-state index < -0.39 is 5.97 Å². The molecule has 3 heterocycles.